The Kier molecular flexibility index (Phi) is 7.97. The molecule has 0 amide bonds. The molecule has 2 heterocycles. The highest BCUT2D eigenvalue weighted by molar-refractivity contribution is 7.89. The average Bonchev–Trinajstić information content (AvgIpc) is 2.75. The molecule has 3 rings (SSSR count). The first-order chi connectivity index (χ1) is 14.2. The van der Waals surface area contributed by atoms with E-state index in [2.05, 4.69) is 29.4 Å². The van der Waals surface area contributed by atoms with E-state index in [0.29, 0.717) is 48.7 Å². The Balaban J connectivity index is 1.64. The maximum Gasteiger partial charge on any atom is 0.243 e. The smallest absolute Gasteiger partial charge is 0.243 e. The summed E-state index contributed by atoms with van der Waals surface area (Å²) in [6.45, 7) is 8.79. The summed E-state index contributed by atoms with van der Waals surface area (Å²) in [7, 11) is -3.60. The number of ether oxygens (including phenoxy) is 1. The molecule has 7 nitrogen and oxygen atoms in total. The molecule has 2 aliphatic heterocycles. The maximum absolute atomic E-state index is 12.9. The number of benzene rings is 1. The summed E-state index contributed by atoms with van der Waals surface area (Å²) in [6, 6.07) is 4.64. The minimum Gasteiger partial charge on any atom is -0.379 e. The molecule has 2 fully saturated rings. The molecule has 30 heavy (non-hydrogen) atoms. The Hall–Kier alpha value is -0.970. The van der Waals surface area contributed by atoms with Crippen molar-refractivity contribution in [3.63, 3.8) is 0 Å². The van der Waals surface area contributed by atoms with Crippen molar-refractivity contribution < 1.29 is 13.2 Å². The number of anilines is 1. The number of hydrogen-bond acceptors (Lipinski definition) is 5. The van der Waals surface area contributed by atoms with Gasteiger partial charge in [-0.3, -0.25) is 4.90 Å². The van der Waals surface area contributed by atoms with E-state index in [0.717, 1.165) is 13.1 Å². The van der Waals surface area contributed by atoms with Gasteiger partial charge in [-0.1, -0.05) is 18.0 Å². The third-order valence-corrected chi connectivity index (χ3v) is 8.16. The zero-order valence-electron chi connectivity index (χ0n) is 17.6. The third kappa shape index (κ3) is 5.83. The zero-order valence-corrected chi connectivity index (χ0v) is 20.0. The number of thiocarbonyl (C=S) groups is 1. The van der Waals surface area contributed by atoms with Crippen molar-refractivity contribution in [3.8, 4) is 0 Å². The van der Waals surface area contributed by atoms with Crippen molar-refractivity contribution >= 4 is 44.6 Å². The Bertz CT molecular complexity index is 852. The Morgan fingerprint density at radius 3 is 2.50 bits per heavy atom. The summed E-state index contributed by atoms with van der Waals surface area (Å²) in [6.07, 6.45) is 3.75. The van der Waals surface area contributed by atoms with Crippen molar-refractivity contribution in [1.29, 1.82) is 0 Å². The largest absolute Gasteiger partial charge is 0.379 e. The average molecular weight is 475 g/mol. The zero-order chi connectivity index (χ0) is 21.8. The van der Waals surface area contributed by atoms with E-state index in [-0.39, 0.29) is 10.4 Å². The summed E-state index contributed by atoms with van der Waals surface area (Å²) in [5, 5.41) is 7.16. The molecule has 2 aliphatic rings. The Morgan fingerprint density at radius 2 is 1.83 bits per heavy atom. The van der Waals surface area contributed by atoms with Crippen molar-refractivity contribution in [2.24, 2.45) is 0 Å². The molecule has 0 aliphatic carbocycles. The molecule has 0 spiro atoms. The number of likely N-dealkylation sites (tertiary alicyclic amines) is 1. The van der Waals surface area contributed by atoms with Crippen LogP contribution in [0.5, 0.6) is 0 Å². The monoisotopic (exact) mass is 474 g/mol. The molecule has 2 saturated heterocycles. The van der Waals surface area contributed by atoms with Gasteiger partial charge in [0.15, 0.2) is 5.11 Å². The van der Waals surface area contributed by atoms with Crippen LogP contribution < -0.4 is 10.6 Å². The molecule has 1 aromatic rings. The van der Waals surface area contributed by atoms with E-state index in [1.54, 1.807) is 6.07 Å². The van der Waals surface area contributed by atoms with E-state index in [4.69, 9.17) is 28.6 Å². The molecule has 10 heteroatoms. The number of sulfonamides is 1. The first-order valence-electron chi connectivity index (χ1n) is 10.4. The van der Waals surface area contributed by atoms with Crippen molar-refractivity contribution in [3.05, 3.63) is 23.2 Å². The first-order valence-corrected chi connectivity index (χ1v) is 12.6. The first kappa shape index (κ1) is 23.7. The van der Waals surface area contributed by atoms with Gasteiger partial charge in [-0.25, -0.2) is 8.42 Å². The quantitative estimate of drug-likeness (QED) is 0.614. The van der Waals surface area contributed by atoms with Crippen LogP contribution in [0.2, 0.25) is 5.02 Å². The van der Waals surface area contributed by atoms with Crippen LogP contribution in [-0.2, 0) is 14.8 Å². The molecule has 0 radical (unpaired) electrons. The molecule has 2 N–H and O–H groups in total. The van der Waals surface area contributed by atoms with E-state index in [1.165, 1.54) is 35.7 Å². The molecule has 0 bridgehead atoms. The second-order valence-corrected chi connectivity index (χ2v) is 11.1. The van der Waals surface area contributed by atoms with Gasteiger partial charge in [0.05, 0.1) is 28.8 Å². The molecule has 1 aromatic carbocycles. The summed E-state index contributed by atoms with van der Waals surface area (Å²) in [5.74, 6) is 0. The number of rotatable bonds is 6. The number of morpholine rings is 1. The van der Waals surface area contributed by atoms with Crippen LogP contribution in [0.25, 0.3) is 0 Å². The van der Waals surface area contributed by atoms with Crippen LogP contribution in [0.15, 0.2) is 23.1 Å². The van der Waals surface area contributed by atoms with Gasteiger partial charge in [0.2, 0.25) is 10.0 Å². The number of piperidine rings is 1. The van der Waals surface area contributed by atoms with E-state index >= 15 is 0 Å². The predicted octanol–water partition coefficient (Wildman–Crippen LogP) is 2.91. The van der Waals surface area contributed by atoms with Gasteiger partial charge < -0.3 is 15.4 Å². The topological polar surface area (TPSA) is 73.9 Å². The molecule has 168 valence electrons. The fourth-order valence-corrected chi connectivity index (χ4v) is 5.55. The molecule has 0 aromatic heterocycles. The second kappa shape index (κ2) is 10.1. The van der Waals surface area contributed by atoms with Crippen LogP contribution in [-0.4, -0.2) is 74.2 Å². The molecule has 0 unspecified atom stereocenters. The predicted molar refractivity (Wildman–Crippen MR) is 125 cm³/mol. The van der Waals surface area contributed by atoms with Gasteiger partial charge in [0, 0.05) is 25.2 Å². The van der Waals surface area contributed by atoms with Crippen molar-refractivity contribution in [2.75, 3.05) is 51.3 Å². The van der Waals surface area contributed by atoms with Gasteiger partial charge in [-0.2, -0.15) is 4.31 Å². The SMILES string of the molecule is CC(C)(CNC(=S)Nc1cc(S(=O)(=O)N2CCOCC2)ccc1Cl)N1CCCCC1. The summed E-state index contributed by atoms with van der Waals surface area (Å²) in [5.41, 5.74) is 0.441. The van der Waals surface area contributed by atoms with Crippen LogP contribution in [0.3, 0.4) is 0 Å². The normalized spacial score (nSPS) is 19.4. The van der Waals surface area contributed by atoms with E-state index in [1.807, 2.05) is 0 Å². The summed E-state index contributed by atoms with van der Waals surface area (Å²) in [4.78, 5) is 2.67. The van der Waals surface area contributed by atoms with Gasteiger partial charge in [0.25, 0.3) is 0 Å². The number of nitrogens with one attached hydrogen (secondary N) is 2. The van der Waals surface area contributed by atoms with Crippen LogP contribution in [0.1, 0.15) is 33.1 Å². The van der Waals surface area contributed by atoms with E-state index < -0.39 is 10.0 Å². The Labute approximate surface area is 190 Å². The van der Waals surface area contributed by atoms with E-state index in [9.17, 15) is 8.42 Å². The second-order valence-electron chi connectivity index (χ2n) is 8.33. The summed E-state index contributed by atoms with van der Waals surface area (Å²) < 4.78 is 32.5. The minimum atomic E-state index is -3.60. The van der Waals surface area contributed by atoms with Crippen LogP contribution in [0, 0.1) is 0 Å². The highest BCUT2D eigenvalue weighted by atomic mass is 35.5. The highest BCUT2D eigenvalue weighted by Crippen LogP contribution is 2.27. The lowest BCUT2D eigenvalue weighted by atomic mass is 9.98. The lowest BCUT2D eigenvalue weighted by molar-refractivity contribution is 0.0730. The fourth-order valence-electron chi connectivity index (χ4n) is 3.77. The van der Waals surface area contributed by atoms with Crippen LogP contribution in [0.4, 0.5) is 5.69 Å². The Morgan fingerprint density at radius 1 is 1.17 bits per heavy atom. The molecule has 0 saturated carbocycles. The van der Waals surface area contributed by atoms with Crippen LogP contribution >= 0.6 is 23.8 Å². The number of halogens is 1. The molecular formula is C20H31ClN4O3S2. The van der Waals surface area contributed by atoms with Gasteiger partial charge in [-0.15, -0.1) is 0 Å². The number of nitrogens with zero attached hydrogens (tertiary/aromatic N) is 2. The van der Waals surface area contributed by atoms with Gasteiger partial charge >= 0.3 is 0 Å². The lowest BCUT2D eigenvalue weighted by Gasteiger charge is -2.41. The minimum absolute atomic E-state index is 0.0303. The fraction of sp³-hybridized carbons (Fsp3) is 0.650. The lowest BCUT2D eigenvalue weighted by Crippen LogP contribution is -2.53. The number of hydrogen-bond donors (Lipinski definition) is 2. The van der Waals surface area contributed by atoms with Gasteiger partial charge in [-0.05, 0) is 70.2 Å². The highest BCUT2D eigenvalue weighted by Gasteiger charge is 2.29. The standard InChI is InChI=1S/C20H31ClN4O3S2/c1-20(2,24-8-4-3-5-9-24)15-22-19(29)23-18-14-16(6-7-17(18)21)30(26,27)25-10-12-28-13-11-25/h6-7,14H,3-5,8-13,15H2,1-2H3,(H2,22,23,29). The molecule has 0 atom stereocenters. The van der Waals surface area contributed by atoms with Crippen molar-refractivity contribution in [1.82, 2.24) is 14.5 Å². The molecular weight excluding hydrogens is 444 g/mol. The summed E-state index contributed by atoms with van der Waals surface area (Å²) >= 11 is 11.8. The maximum atomic E-state index is 12.9. The van der Waals surface area contributed by atoms with Gasteiger partial charge in [0.1, 0.15) is 0 Å². The van der Waals surface area contributed by atoms with Crippen molar-refractivity contribution in [2.45, 2.75) is 43.5 Å². The third-order valence-electron chi connectivity index (χ3n) is 5.69.